The number of fused-ring (bicyclic) bond motifs is 5. The number of halogens is 1. The fourth-order valence-corrected chi connectivity index (χ4v) is 3.99. The van der Waals surface area contributed by atoms with Crippen LogP contribution in [0.25, 0.3) is 12.2 Å². The average Bonchev–Trinajstić information content (AvgIpc) is 2.80. The Bertz CT molecular complexity index is 702. The summed E-state index contributed by atoms with van der Waals surface area (Å²) < 4.78 is 0. The van der Waals surface area contributed by atoms with Crippen LogP contribution in [0.4, 0.5) is 5.69 Å². The van der Waals surface area contributed by atoms with Crippen LogP contribution < -0.4 is 15.9 Å². The number of aromatic nitrogens is 1. The lowest BCUT2D eigenvalue weighted by Gasteiger charge is -2.21. The predicted octanol–water partition coefficient (Wildman–Crippen LogP) is 2.26. The maximum atomic E-state index is 6.14. The van der Waals surface area contributed by atoms with Crippen molar-refractivity contribution < 1.29 is 0 Å². The van der Waals surface area contributed by atoms with Gasteiger partial charge in [-0.15, -0.1) is 0 Å². The molecule has 19 heavy (non-hydrogen) atoms. The second kappa shape index (κ2) is 4.11. The van der Waals surface area contributed by atoms with Gasteiger partial charge in [0.1, 0.15) is 0 Å². The van der Waals surface area contributed by atoms with E-state index in [1.54, 1.807) is 0 Å². The quantitative estimate of drug-likeness (QED) is 0.848. The zero-order chi connectivity index (χ0) is 13.0. The van der Waals surface area contributed by atoms with E-state index in [1.807, 2.05) is 13.1 Å². The monoisotopic (exact) mass is 272 g/mol. The van der Waals surface area contributed by atoms with Crippen molar-refractivity contribution in [3.63, 3.8) is 0 Å². The lowest BCUT2D eigenvalue weighted by Crippen LogP contribution is -2.32. The molecule has 0 saturated heterocycles. The first kappa shape index (κ1) is 11.5. The molecular formula is C16H17ClN2. The van der Waals surface area contributed by atoms with Crippen LogP contribution in [0.15, 0.2) is 11.1 Å². The molecule has 2 bridgehead atoms. The van der Waals surface area contributed by atoms with Gasteiger partial charge < -0.3 is 5.32 Å². The minimum absolute atomic E-state index is 0.653. The van der Waals surface area contributed by atoms with Crippen LogP contribution in [0.5, 0.6) is 0 Å². The van der Waals surface area contributed by atoms with E-state index in [-0.39, 0.29) is 0 Å². The van der Waals surface area contributed by atoms with E-state index in [9.17, 15) is 0 Å². The van der Waals surface area contributed by atoms with Crippen molar-refractivity contribution in [2.75, 3.05) is 12.4 Å². The molecular weight excluding hydrogens is 256 g/mol. The number of nitrogens with one attached hydrogen (secondary N) is 1. The van der Waals surface area contributed by atoms with Crippen molar-refractivity contribution in [2.24, 2.45) is 5.92 Å². The number of anilines is 1. The smallest absolute Gasteiger partial charge is 0.0704 e. The van der Waals surface area contributed by atoms with E-state index < -0.39 is 0 Å². The summed E-state index contributed by atoms with van der Waals surface area (Å²) >= 11 is 6.14. The van der Waals surface area contributed by atoms with Crippen LogP contribution in [0.2, 0.25) is 0 Å². The third-order valence-electron chi connectivity index (χ3n) is 4.69. The topological polar surface area (TPSA) is 24.9 Å². The summed E-state index contributed by atoms with van der Waals surface area (Å²) in [4.78, 5) is 4.94. The van der Waals surface area contributed by atoms with Gasteiger partial charge in [-0.05, 0) is 37.7 Å². The minimum Gasteiger partial charge on any atom is -0.387 e. The summed E-state index contributed by atoms with van der Waals surface area (Å²) in [6, 6.07) is 0. The van der Waals surface area contributed by atoms with Crippen molar-refractivity contribution in [2.45, 2.75) is 31.6 Å². The highest BCUT2D eigenvalue weighted by Gasteiger charge is 2.31. The highest BCUT2D eigenvalue weighted by Crippen LogP contribution is 2.40. The third kappa shape index (κ3) is 1.66. The average molecular weight is 273 g/mol. The molecule has 1 aromatic rings. The summed E-state index contributed by atoms with van der Waals surface area (Å²) in [7, 11) is 2.01. The van der Waals surface area contributed by atoms with Crippen molar-refractivity contribution in [1.82, 2.24) is 4.98 Å². The van der Waals surface area contributed by atoms with Crippen molar-refractivity contribution in [3.05, 3.63) is 32.9 Å². The van der Waals surface area contributed by atoms with Crippen molar-refractivity contribution in [1.29, 1.82) is 0 Å². The molecule has 0 aromatic carbocycles. The molecule has 3 aliphatic rings. The molecule has 98 valence electrons. The third-order valence-corrected chi connectivity index (χ3v) is 4.95. The zero-order valence-electron chi connectivity index (χ0n) is 11.0. The van der Waals surface area contributed by atoms with Crippen molar-refractivity contribution in [3.8, 4) is 0 Å². The summed E-state index contributed by atoms with van der Waals surface area (Å²) in [5.41, 5.74) is 3.86. The second-order valence-corrected chi connectivity index (χ2v) is 6.21. The maximum absolute atomic E-state index is 6.14. The number of nitrogens with zero attached hydrogens (tertiary/aromatic N) is 1. The Morgan fingerprint density at radius 2 is 2.26 bits per heavy atom. The van der Waals surface area contributed by atoms with Gasteiger partial charge in [-0.3, -0.25) is 4.98 Å². The fourth-order valence-electron chi connectivity index (χ4n) is 3.81. The Morgan fingerprint density at radius 3 is 3.11 bits per heavy atom. The van der Waals surface area contributed by atoms with Gasteiger partial charge in [-0.2, -0.15) is 0 Å². The molecule has 2 unspecified atom stereocenters. The van der Waals surface area contributed by atoms with Crippen molar-refractivity contribution >= 4 is 29.4 Å². The molecule has 3 heteroatoms. The lowest BCUT2D eigenvalue weighted by molar-refractivity contribution is 0.643. The van der Waals surface area contributed by atoms with Gasteiger partial charge in [-0.1, -0.05) is 23.8 Å². The van der Waals surface area contributed by atoms with E-state index in [4.69, 9.17) is 16.6 Å². The van der Waals surface area contributed by atoms with Crippen LogP contribution >= 0.6 is 11.6 Å². The highest BCUT2D eigenvalue weighted by molar-refractivity contribution is 6.34. The predicted molar refractivity (Wildman–Crippen MR) is 79.7 cm³/mol. The Kier molecular flexibility index (Phi) is 2.49. The first-order valence-corrected chi connectivity index (χ1v) is 7.44. The van der Waals surface area contributed by atoms with E-state index >= 15 is 0 Å². The van der Waals surface area contributed by atoms with E-state index in [0.717, 1.165) is 22.7 Å². The summed E-state index contributed by atoms with van der Waals surface area (Å²) in [5.74, 6) is 1.41. The highest BCUT2D eigenvalue weighted by atomic mass is 35.5. The maximum Gasteiger partial charge on any atom is 0.0704 e. The Balaban J connectivity index is 2.07. The lowest BCUT2D eigenvalue weighted by atomic mass is 9.90. The molecule has 0 spiro atoms. The number of rotatable bonds is 1. The SMILES string of the molecule is CNc1c2c(nc3c1=CC1CCC3C1)=CC(Cl)=CC2. The Labute approximate surface area is 117 Å². The van der Waals surface area contributed by atoms with E-state index in [2.05, 4.69) is 17.5 Å². The van der Waals surface area contributed by atoms with Gasteiger partial charge in [0, 0.05) is 34.5 Å². The summed E-state index contributed by atoms with van der Waals surface area (Å²) in [6.07, 6.45) is 11.3. The van der Waals surface area contributed by atoms with Crippen LogP contribution in [-0.2, 0) is 6.42 Å². The first-order chi connectivity index (χ1) is 9.26. The molecule has 1 heterocycles. The molecule has 3 aliphatic carbocycles. The molecule has 0 aliphatic heterocycles. The van der Waals surface area contributed by atoms with Gasteiger partial charge in [0.05, 0.1) is 11.0 Å². The van der Waals surface area contributed by atoms with Crippen LogP contribution in [0.1, 0.15) is 36.4 Å². The zero-order valence-corrected chi connectivity index (χ0v) is 11.8. The van der Waals surface area contributed by atoms with E-state index in [1.165, 1.54) is 41.4 Å². The van der Waals surface area contributed by atoms with Gasteiger partial charge in [0.2, 0.25) is 0 Å². The van der Waals surface area contributed by atoms with Crippen LogP contribution in [0, 0.1) is 5.92 Å². The van der Waals surface area contributed by atoms with Gasteiger partial charge >= 0.3 is 0 Å². The molecule has 4 rings (SSSR count). The first-order valence-electron chi connectivity index (χ1n) is 7.06. The Morgan fingerprint density at radius 1 is 1.37 bits per heavy atom. The van der Waals surface area contributed by atoms with Gasteiger partial charge in [-0.25, -0.2) is 0 Å². The molecule has 1 aromatic heterocycles. The molecule has 0 amide bonds. The summed E-state index contributed by atoms with van der Waals surface area (Å²) in [6.45, 7) is 0. The molecule has 1 fully saturated rings. The molecule has 1 saturated carbocycles. The standard InChI is InChI=1S/C16H17ClN2/c1-18-16-12-5-4-11(17)8-14(12)19-15-10-3-2-9(6-10)7-13(15)16/h4,7-10,18H,2-3,5-6H2,1H3. The Hall–Kier alpha value is -1.28. The van der Waals surface area contributed by atoms with Gasteiger partial charge in [0.25, 0.3) is 0 Å². The molecule has 2 nitrogen and oxygen atoms in total. The molecule has 1 N–H and O–H groups in total. The minimum atomic E-state index is 0.653. The number of pyridine rings is 1. The normalized spacial score (nSPS) is 26.7. The van der Waals surface area contributed by atoms with E-state index in [0.29, 0.717) is 5.92 Å². The van der Waals surface area contributed by atoms with Crippen LogP contribution in [0.3, 0.4) is 0 Å². The molecule has 0 radical (unpaired) electrons. The number of hydrogen-bond acceptors (Lipinski definition) is 2. The number of hydrogen-bond donors (Lipinski definition) is 1. The van der Waals surface area contributed by atoms with Crippen LogP contribution in [-0.4, -0.2) is 12.0 Å². The fraction of sp³-hybridized carbons (Fsp3) is 0.438. The summed E-state index contributed by atoms with van der Waals surface area (Å²) in [5, 5.41) is 6.64. The van der Waals surface area contributed by atoms with Gasteiger partial charge in [0.15, 0.2) is 0 Å². The molecule has 2 atom stereocenters. The number of allylic oxidation sites excluding steroid dienone is 2. The second-order valence-electron chi connectivity index (χ2n) is 5.77. The largest absolute Gasteiger partial charge is 0.387 e.